The standard InChI is InChI=1S/C22H29F3N4O2/c1-15-12-20(22(23,24)25)29-21(26-15)13-18(27-29)19-4-3-9-28(19)14-16-5-7-17(8-6-16)31-11-10-30-2/h5-8,13,15,19-20,26H,3-4,9-12,14H2,1-2H3/t15-,19+,20-/m1/s1. The lowest BCUT2D eigenvalue weighted by Crippen LogP contribution is -2.37. The van der Waals surface area contributed by atoms with Crippen molar-refractivity contribution in [3.8, 4) is 5.75 Å². The van der Waals surface area contributed by atoms with Gasteiger partial charge in [-0.05, 0) is 50.4 Å². The second-order valence-corrected chi connectivity index (χ2v) is 8.35. The number of nitrogens with one attached hydrogen (secondary N) is 1. The molecule has 2 aliphatic heterocycles. The van der Waals surface area contributed by atoms with Crippen molar-refractivity contribution in [2.75, 3.05) is 32.2 Å². The van der Waals surface area contributed by atoms with Crippen LogP contribution in [0.2, 0.25) is 0 Å². The number of rotatable bonds is 7. The molecule has 2 aromatic rings. The van der Waals surface area contributed by atoms with Crippen LogP contribution >= 0.6 is 0 Å². The number of fused-ring (bicyclic) bond motifs is 1. The molecule has 2 aliphatic rings. The van der Waals surface area contributed by atoms with Gasteiger partial charge < -0.3 is 14.8 Å². The SMILES string of the molecule is COCCOc1ccc(CN2CCC[C@H]2c2cc3n(n2)[C@@H](C(F)(F)F)C[C@@H](C)N3)cc1. The fourth-order valence-corrected chi connectivity index (χ4v) is 4.46. The summed E-state index contributed by atoms with van der Waals surface area (Å²) in [6, 6.07) is 7.92. The van der Waals surface area contributed by atoms with E-state index in [4.69, 9.17) is 9.47 Å². The predicted octanol–water partition coefficient (Wildman–Crippen LogP) is 4.55. The summed E-state index contributed by atoms with van der Waals surface area (Å²) in [5, 5.41) is 7.58. The molecule has 31 heavy (non-hydrogen) atoms. The third-order valence-electron chi connectivity index (χ3n) is 5.97. The van der Waals surface area contributed by atoms with Gasteiger partial charge in [0.25, 0.3) is 0 Å². The number of nitrogens with zero attached hydrogens (tertiary/aromatic N) is 3. The highest BCUT2D eigenvalue weighted by Crippen LogP contribution is 2.41. The van der Waals surface area contributed by atoms with Crippen LogP contribution in [-0.4, -0.2) is 53.8 Å². The number of hydrogen-bond donors (Lipinski definition) is 1. The zero-order valence-corrected chi connectivity index (χ0v) is 17.9. The van der Waals surface area contributed by atoms with Crippen molar-refractivity contribution in [3.63, 3.8) is 0 Å². The molecule has 6 nitrogen and oxygen atoms in total. The summed E-state index contributed by atoms with van der Waals surface area (Å²) < 4.78 is 52.4. The van der Waals surface area contributed by atoms with Crippen molar-refractivity contribution in [2.24, 2.45) is 0 Å². The van der Waals surface area contributed by atoms with Gasteiger partial charge in [-0.1, -0.05) is 12.1 Å². The Morgan fingerprint density at radius 3 is 2.68 bits per heavy atom. The maximum absolute atomic E-state index is 13.6. The van der Waals surface area contributed by atoms with Crippen molar-refractivity contribution in [1.29, 1.82) is 0 Å². The second-order valence-electron chi connectivity index (χ2n) is 8.35. The average Bonchev–Trinajstić information content (AvgIpc) is 3.34. The predicted molar refractivity (Wildman–Crippen MR) is 111 cm³/mol. The summed E-state index contributed by atoms with van der Waals surface area (Å²) in [5.41, 5.74) is 1.85. The van der Waals surface area contributed by atoms with Crippen LogP contribution < -0.4 is 10.1 Å². The first-order chi connectivity index (χ1) is 14.8. The number of benzene rings is 1. The molecule has 1 fully saturated rings. The number of anilines is 1. The summed E-state index contributed by atoms with van der Waals surface area (Å²) in [6.07, 6.45) is -2.43. The van der Waals surface area contributed by atoms with Crippen LogP contribution in [-0.2, 0) is 11.3 Å². The van der Waals surface area contributed by atoms with Crippen LogP contribution in [0.5, 0.6) is 5.75 Å². The summed E-state index contributed by atoms with van der Waals surface area (Å²) >= 11 is 0. The van der Waals surface area contributed by atoms with E-state index in [2.05, 4.69) is 15.3 Å². The largest absolute Gasteiger partial charge is 0.491 e. The van der Waals surface area contributed by atoms with Gasteiger partial charge in [0.05, 0.1) is 18.3 Å². The lowest BCUT2D eigenvalue weighted by molar-refractivity contribution is -0.173. The molecule has 0 amide bonds. The molecule has 1 N–H and O–H groups in total. The Kier molecular flexibility index (Phi) is 6.43. The zero-order valence-electron chi connectivity index (χ0n) is 17.9. The minimum atomic E-state index is -4.31. The molecule has 4 rings (SSSR count). The summed E-state index contributed by atoms with van der Waals surface area (Å²) in [6.45, 7) is 4.43. The smallest absolute Gasteiger partial charge is 0.410 e. The number of alkyl halides is 3. The van der Waals surface area contributed by atoms with Gasteiger partial charge in [0, 0.05) is 25.8 Å². The molecule has 3 heterocycles. The van der Waals surface area contributed by atoms with E-state index in [1.807, 2.05) is 24.3 Å². The molecule has 1 aromatic carbocycles. The third-order valence-corrected chi connectivity index (χ3v) is 5.97. The van der Waals surface area contributed by atoms with Gasteiger partial charge in [-0.2, -0.15) is 18.3 Å². The van der Waals surface area contributed by atoms with Crippen molar-refractivity contribution in [1.82, 2.24) is 14.7 Å². The highest BCUT2D eigenvalue weighted by molar-refractivity contribution is 5.42. The molecule has 0 saturated carbocycles. The van der Waals surface area contributed by atoms with Crippen molar-refractivity contribution >= 4 is 5.82 Å². The first-order valence-corrected chi connectivity index (χ1v) is 10.7. The maximum atomic E-state index is 13.6. The Morgan fingerprint density at radius 2 is 1.97 bits per heavy atom. The number of likely N-dealkylation sites (tertiary alicyclic amines) is 1. The number of ether oxygens (including phenoxy) is 2. The quantitative estimate of drug-likeness (QED) is 0.643. The van der Waals surface area contributed by atoms with E-state index in [9.17, 15) is 13.2 Å². The molecule has 0 aliphatic carbocycles. The lowest BCUT2D eigenvalue weighted by atomic mass is 10.1. The van der Waals surface area contributed by atoms with Gasteiger partial charge in [0.1, 0.15) is 18.2 Å². The van der Waals surface area contributed by atoms with Gasteiger partial charge in [-0.25, -0.2) is 4.68 Å². The summed E-state index contributed by atoms with van der Waals surface area (Å²) in [7, 11) is 1.63. The van der Waals surface area contributed by atoms with E-state index in [-0.39, 0.29) is 18.5 Å². The van der Waals surface area contributed by atoms with E-state index in [0.717, 1.165) is 41.9 Å². The van der Waals surface area contributed by atoms with E-state index in [0.29, 0.717) is 24.7 Å². The molecule has 1 aromatic heterocycles. The van der Waals surface area contributed by atoms with E-state index >= 15 is 0 Å². The molecule has 3 atom stereocenters. The van der Waals surface area contributed by atoms with E-state index in [1.54, 1.807) is 20.1 Å². The first-order valence-electron chi connectivity index (χ1n) is 10.7. The summed E-state index contributed by atoms with van der Waals surface area (Å²) in [5.74, 6) is 1.25. The normalized spacial score (nSPS) is 24.1. The minimum absolute atomic E-state index is 0.00913. The van der Waals surface area contributed by atoms with Crippen LogP contribution in [0.25, 0.3) is 0 Å². The molecule has 170 valence electrons. The summed E-state index contributed by atoms with van der Waals surface area (Å²) in [4.78, 5) is 2.29. The Morgan fingerprint density at radius 1 is 1.19 bits per heavy atom. The molecule has 0 spiro atoms. The van der Waals surface area contributed by atoms with Gasteiger partial charge in [0.2, 0.25) is 0 Å². The van der Waals surface area contributed by atoms with Crippen LogP contribution in [0.15, 0.2) is 30.3 Å². The van der Waals surface area contributed by atoms with Gasteiger partial charge in [0.15, 0.2) is 6.04 Å². The van der Waals surface area contributed by atoms with Gasteiger partial charge in [-0.3, -0.25) is 4.90 Å². The van der Waals surface area contributed by atoms with Gasteiger partial charge in [-0.15, -0.1) is 0 Å². The number of hydrogen-bond acceptors (Lipinski definition) is 5. The Labute approximate surface area is 180 Å². The molecular formula is C22H29F3N4O2. The highest BCUT2D eigenvalue weighted by atomic mass is 19.4. The Balaban J connectivity index is 1.47. The van der Waals surface area contributed by atoms with E-state index in [1.165, 1.54) is 0 Å². The topological polar surface area (TPSA) is 51.6 Å². The van der Waals surface area contributed by atoms with Gasteiger partial charge >= 0.3 is 6.18 Å². The fourth-order valence-electron chi connectivity index (χ4n) is 4.46. The lowest BCUT2D eigenvalue weighted by Gasteiger charge is -2.31. The van der Waals surface area contributed by atoms with Crippen LogP contribution in [0.4, 0.5) is 19.0 Å². The minimum Gasteiger partial charge on any atom is -0.491 e. The number of methoxy groups -OCH3 is 1. The van der Waals surface area contributed by atoms with Crippen molar-refractivity contribution < 1.29 is 22.6 Å². The van der Waals surface area contributed by atoms with Crippen LogP contribution in [0.3, 0.4) is 0 Å². The monoisotopic (exact) mass is 438 g/mol. The molecule has 0 unspecified atom stereocenters. The first kappa shape index (κ1) is 22.0. The maximum Gasteiger partial charge on any atom is 0.410 e. The molecule has 0 bridgehead atoms. The number of halogens is 3. The molecule has 0 radical (unpaired) electrons. The third kappa shape index (κ3) is 4.98. The molecule has 9 heteroatoms. The number of aromatic nitrogens is 2. The molecule has 1 saturated heterocycles. The average molecular weight is 438 g/mol. The Bertz CT molecular complexity index is 869. The second kappa shape index (κ2) is 9.08. The zero-order chi connectivity index (χ0) is 22.0. The van der Waals surface area contributed by atoms with Crippen LogP contribution in [0, 0.1) is 0 Å². The molecular weight excluding hydrogens is 409 g/mol. The van der Waals surface area contributed by atoms with Crippen molar-refractivity contribution in [3.05, 3.63) is 41.6 Å². The highest BCUT2D eigenvalue weighted by Gasteiger charge is 2.46. The Hall–Kier alpha value is -2.26. The van der Waals surface area contributed by atoms with Crippen LogP contribution in [0.1, 0.15) is 49.5 Å². The van der Waals surface area contributed by atoms with Crippen molar-refractivity contribution in [2.45, 2.75) is 57.0 Å². The fraction of sp³-hybridized carbons (Fsp3) is 0.591. The van der Waals surface area contributed by atoms with E-state index < -0.39 is 12.2 Å².